The molecule has 0 fully saturated rings. The monoisotopic (exact) mass is 226 g/mol. The standard InChI is InChI=1S/C15H16NO/c1-12-7-6-10-14(11-12)15(16(2)17)13-8-4-3-5-9-13/h3-11,15H,1-2H3/q+1. The molecule has 0 radical (unpaired) electrons. The molecule has 2 heteroatoms. The van der Waals surface area contributed by atoms with Gasteiger partial charge in [-0.05, 0) is 13.0 Å². The summed E-state index contributed by atoms with van der Waals surface area (Å²) >= 11 is 0. The molecule has 0 spiro atoms. The second-order valence-corrected chi connectivity index (χ2v) is 4.27. The van der Waals surface area contributed by atoms with Gasteiger partial charge >= 0.3 is 0 Å². The van der Waals surface area contributed by atoms with Crippen molar-refractivity contribution < 1.29 is 4.76 Å². The zero-order valence-corrected chi connectivity index (χ0v) is 10.1. The maximum Gasteiger partial charge on any atom is 0.250 e. The quantitative estimate of drug-likeness (QED) is 0.733. The van der Waals surface area contributed by atoms with Crippen molar-refractivity contribution in [1.29, 1.82) is 0 Å². The van der Waals surface area contributed by atoms with Crippen molar-refractivity contribution >= 4 is 0 Å². The summed E-state index contributed by atoms with van der Waals surface area (Å²) in [5.41, 5.74) is 3.23. The number of nitroso groups, excluding NO2 is 1. The highest BCUT2D eigenvalue weighted by molar-refractivity contribution is 5.32. The summed E-state index contributed by atoms with van der Waals surface area (Å²) < 4.78 is 1.00. The van der Waals surface area contributed by atoms with E-state index in [9.17, 15) is 4.91 Å². The number of hydrogen-bond acceptors (Lipinski definition) is 1. The van der Waals surface area contributed by atoms with E-state index in [1.165, 1.54) is 5.56 Å². The summed E-state index contributed by atoms with van der Waals surface area (Å²) in [5.74, 6) is 0. The molecule has 0 saturated carbocycles. The smallest absolute Gasteiger partial charge is 0.0622 e. The highest BCUT2D eigenvalue weighted by Gasteiger charge is 2.25. The summed E-state index contributed by atoms with van der Waals surface area (Å²) in [7, 11) is 1.57. The van der Waals surface area contributed by atoms with Crippen molar-refractivity contribution in [1.82, 2.24) is 0 Å². The second kappa shape index (κ2) is 4.91. The van der Waals surface area contributed by atoms with Crippen LogP contribution in [0.1, 0.15) is 22.7 Å². The number of rotatable bonds is 3. The molecule has 1 unspecified atom stereocenters. The van der Waals surface area contributed by atoms with E-state index in [-0.39, 0.29) is 6.04 Å². The fraction of sp³-hybridized carbons (Fsp3) is 0.200. The summed E-state index contributed by atoms with van der Waals surface area (Å²) in [6, 6.07) is 17.7. The van der Waals surface area contributed by atoms with Crippen LogP contribution in [0.2, 0.25) is 0 Å². The van der Waals surface area contributed by atoms with Gasteiger partial charge in [-0.25, -0.2) is 0 Å². The summed E-state index contributed by atoms with van der Waals surface area (Å²) in [6.45, 7) is 2.04. The number of aryl methyl sites for hydroxylation is 1. The Balaban J connectivity index is 2.47. The molecular formula is C15H16NO+. The van der Waals surface area contributed by atoms with Crippen LogP contribution in [-0.4, -0.2) is 11.8 Å². The predicted octanol–water partition coefficient (Wildman–Crippen LogP) is 3.49. The molecule has 2 rings (SSSR count). The number of hydrogen-bond donors (Lipinski definition) is 0. The molecule has 17 heavy (non-hydrogen) atoms. The van der Waals surface area contributed by atoms with Crippen LogP contribution in [0.4, 0.5) is 0 Å². The SMILES string of the molecule is Cc1cccc(C(c2ccccc2)[N+](C)=O)c1. The van der Waals surface area contributed by atoms with Crippen LogP contribution in [0.3, 0.4) is 0 Å². The van der Waals surface area contributed by atoms with E-state index in [1.54, 1.807) is 7.05 Å². The molecule has 0 N–H and O–H groups in total. The van der Waals surface area contributed by atoms with Crippen LogP contribution in [0, 0.1) is 11.8 Å². The van der Waals surface area contributed by atoms with Crippen molar-refractivity contribution in [2.24, 2.45) is 0 Å². The minimum absolute atomic E-state index is 0.226. The van der Waals surface area contributed by atoms with Gasteiger partial charge in [-0.1, -0.05) is 54.1 Å². The van der Waals surface area contributed by atoms with Gasteiger partial charge in [0.15, 0.2) is 7.05 Å². The molecule has 2 aromatic carbocycles. The first-order valence-corrected chi connectivity index (χ1v) is 5.70. The highest BCUT2D eigenvalue weighted by Crippen LogP contribution is 2.25. The van der Waals surface area contributed by atoms with Gasteiger partial charge in [0.1, 0.15) is 0 Å². The van der Waals surface area contributed by atoms with Gasteiger partial charge in [0.2, 0.25) is 0 Å². The van der Waals surface area contributed by atoms with Gasteiger partial charge in [-0.2, -0.15) is 0 Å². The molecule has 0 aliphatic carbocycles. The van der Waals surface area contributed by atoms with Crippen LogP contribution in [-0.2, 0) is 0 Å². The third kappa shape index (κ3) is 2.59. The van der Waals surface area contributed by atoms with Gasteiger partial charge in [-0.3, -0.25) is 0 Å². The highest BCUT2D eigenvalue weighted by atomic mass is 16.3. The minimum atomic E-state index is -0.226. The second-order valence-electron chi connectivity index (χ2n) is 4.27. The average molecular weight is 226 g/mol. The van der Waals surface area contributed by atoms with E-state index in [2.05, 4.69) is 6.07 Å². The first-order chi connectivity index (χ1) is 8.18. The Hall–Kier alpha value is -1.96. The van der Waals surface area contributed by atoms with Gasteiger partial charge < -0.3 is 0 Å². The zero-order chi connectivity index (χ0) is 12.3. The molecular weight excluding hydrogens is 210 g/mol. The Kier molecular flexibility index (Phi) is 3.33. The normalized spacial score (nSPS) is 12.1. The van der Waals surface area contributed by atoms with E-state index >= 15 is 0 Å². The first-order valence-electron chi connectivity index (χ1n) is 5.70. The third-order valence-electron chi connectivity index (χ3n) is 2.84. The van der Waals surface area contributed by atoms with Gasteiger partial charge in [0.05, 0.1) is 0 Å². The lowest BCUT2D eigenvalue weighted by molar-refractivity contribution is -0.554. The Bertz CT molecular complexity index is 519. The molecule has 0 amide bonds. The topological polar surface area (TPSA) is 20.1 Å². The van der Waals surface area contributed by atoms with Crippen LogP contribution in [0.15, 0.2) is 54.6 Å². The lowest BCUT2D eigenvalue weighted by Crippen LogP contribution is -2.13. The lowest BCUT2D eigenvalue weighted by atomic mass is 9.97. The Morgan fingerprint density at radius 1 is 0.941 bits per heavy atom. The Morgan fingerprint density at radius 2 is 1.59 bits per heavy atom. The Morgan fingerprint density at radius 3 is 2.18 bits per heavy atom. The van der Waals surface area contributed by atoms with Gasteiger partial charge in [0, 0.05) is 20.8 Å². The van der Waals surface area contributed by atoms with E-state index in [1.807, 2.05) is 55.5 Å². The van der Waals surface area contributed by atoms with Crippen molar-refractivity contribution in [2.75, 3.05) is 7.05 Å². The molecule has 1 atom stereocenters. The molecule has 0 aliphatic heterocycles. The van der Waals surface area contributed by atoms with Crippen molar-refractivity contribution in [3.05, 3.63) is 76.2 Å². The largest absolute Gasteiger partial charge is 0.250 e. The van der Waals surface area contributed by atoms with E-state index in [0.717, 1.165) is 15.9 Å². The van der Waals surface area contributed by atoms with Crippen LogP contribution in [0.25, 0.3) is 0 Å². The van der Waals surface area contributed by atoms with E-state index in [4.69, 9.17) is 0 Å². The predicted molar refractivity (Wildman–Crippen MR) is 69.0 cm³/mol. The first kappa shape index (κ1) is 11.5. The van der Waals surface area contributed by atoms with Gasteiger partial charge in [0.25, 0.3) is 6.04 Å². The summed E-state index contributed by atoms with van der Waals surface area (Å²) in [6.07, 6.45) is 0. The van der Waals surface area contributed by atoms with E-state index < -0.39 is 0 Å². The summed E-state index contributed by atoms with van der Waals surface area (Å²) in [5, 5.41) is 0. The van der Waals surface area contributed by atoms with E-state index in [0.29, 0.717) is 0 Å². The van der Waals surface area contributed by atoms with Crippen molar-refractivity contribution in [3.8, 4) is 0 Å². The van der Waals surface area contributed by atoms with Crippen molar-refractivity contribution in [2.45, 2.75) is 13.0 Å². The molecule has 2 aromatic rings. The number of benzene rings is 2. The average Bonchev–Trinajstić information content (AvgIpc) is 2.30. The summed E-state index contributed by atoms with van der Waals surface area (Å²) in [4.78, 5) is 11.8. The fourth-order valence-corrected chi connectivity index (χ4v) is 2.09. The fourth-order valence-electron chi connectivity index (χ4n) is 2.09. The van der Waals surface area contributed by atoms with Gasteiger partial charge in [-0.15, -0.1) is 0 Å². The molecule has 0 saturated heterocycles. The maximum atomic E-state index is 11.8. The number of nitrogens with zero attached hydrogens (tertiary/aromatic N) is 1. The molecule has 0 heterocycles. The third-order valence-corrected chi connectivity index (χ3v) is 2.84. The van der Waals surface area contributed by atoms with Crippen LogP contribution >= 0.6 is 0 Å². The van der Waals surface area contributed by atoms with Crippen LogP contribution in [0.5, 0.6) is 0 Å². The molecule has 0 aromatic heterocycles. The lowest BCUT2D eigenvalue weighted by Gasteiger charge is -2.09. The Labute approximate surface area is 101 Å². The molecule has 0 bridgehead atoms. The van der Waals surface area contributed by atoms with Crippen LogP contribution < -0.4 is 0 Å². The minimum Gasteiger partial charge on any atom is -0.0622 e. The molecule has 0 aliphatic rings. The zero-order valence-electron chi connectivity index (χ0n) is 10.1. The molecule has 2 nitrogen and oxygen atoms in total. The molecule has 86 valence electrons. The maximum absolute atomic E-state index is 11.8. The van der Waals surface area contributed by atoms with Crippen molar-refractivity contribution in [3.63, 3.8) is 0 Å².